The Morgan fingerprint density at radius 1 is 0.980 bits per heavy atom. The van der Waals surface area contributed by atoms with Crippen LogP contribution < -0.4 is 15.4 Å². The fourth-order valence-electron chi connectivity index (χ4n) is 7.40. The first kappa shape index (κ1) is 36.8. The molecule has 3 saturated carbocycles. The second kappa shape index (κ2) is 15.7. The lowest BCUT2D eigenvalue weighted by Gasteiger charge is -2.30. The standard InChI is InChI=1S/C37H51N5O8S/c1-24(2)32(25-13-7-6-8-14-25)40-50-28-21-31-33(43)39-37(35(45)41-51(47,48)29-19-20-29)22-26(37)15-9-4-3-5-10-18-30(34(44)42(31)23-28)38-36(46)49-27-16-11-12-17-27/h6-9,13-15,24,26-31H,3-5,10-12,16-23H2,1-2H3,(H,38,46)(H,39,43)(H,41,45)/b15-9-,40-32+/t26-,28-,30+,31+,37+/m1/s1. The highest BCUT2D eigenvalue weighted by atomic mass is 32.2. The molecule has 2 aliphatic heterocycles. The summed E-state index contributed by atoms with van der Waals surface area (Å²) in [7, 11) is -3.87. The summed E-state index contributed by atoms with van der Waals surface area (Å²) in [4.78, 5) is 62.8. The highest BCUT2D eigenvalue weighted by molar-refractivity contribution is 7.91. The van der Waals surface area contributed by atoms with Crippen LogP contribution in [0.2, 0.25) is 0 Å². The molecule has 0 radical (unpaired) electrons. The number of nitrogens with one attached hydrogen (secondary N) is 3. The van der Waals surface area contributed by atoms with Gasteiger partial charge in [0.1, 0.15) is 29.8 Å². The normalized spacial score (nSPS) is 29.9. The molecule has 2 heterocycles. The molecule has 278 valence electrons. The molecule has 14 heteroatoms. The maximum atomic E-state index is 14.4. The van der Waals surface area contributed by atoms with Crippen LogP contribution in [0.1, 0.15) is 103 Å². The van der Waals surface area contributed by atoms with Crippen molar-refractivity contribution in [1.29, 1.82) is 0 Å². The number of benzene rings is 1. The van der Waals surface area contributed by atoms with Crippen LogP contribution in [0.5, 0.6) is 0 Å². The summed E-state index contributed by atoms with van der Waals surface area (Å²) in [6.45, 7) is 4.02. The van der Waals surface area contributed by atoms with E-state index < -0.39 is 68.7 Å². The number of nitrogens with zero attached hydrogens (tertiary/aromatic N) is 2. The van der Waals surface area contributed by atoms with Crippen molar-refractivity contribution >= 4 is 39.5 Å². The van der Waals surface area contributed by atoms with Crippen LogP contribution in [-0.2, 0) is 34.0 Å². The number of hydrogen-bond acceptors (Lipinski definition) is 9. The van der Waals surface area contributed by atoms with Gasteiger partial charge in [0.2, 0.25) is 21.8 Å². The number of allylic oxidation sites excluding steroid dienone is 1. The first-order valence-electron chi connectivity index (χ1n) is 18.6. The minimum atomic E-state index is -3.87. The van der Waals surface area contributed by atoms with Gasteiger partial charge >= 0.3 is 6.09 Å². The monoisotopic (exact) mass is 725 g/mol. The molecule has 0 bridgehead atoms. The summed E-state index contributed by atoms with van der Waals surface area (Å²) < 4.78 is 33.4. The van der Waals surface area contributed by atoms with Gasteiger partial charge in [-0.05, 0) is 75.7 Å². The van der Waals surface area contributed by atoms with Crippen molar-refractivity contribution in [2.75, 3.05) is 6.54 Å². The van der Waals surface area contributed by atoms with E-state index in [4.69, 9.17) is 9.57 Å². The van der Waals surface area contributed by atoms with Crippen molar-refractivity contribution in [2.45, 2.75) is 132 Å². The molecule has 6 rings (SSSR count). The van der Waals surface area contributed by atoms with Gasteiger partial charge in [-0.2, -0.15) is 0 Å². The average molecular weight is 726 g/mol. The zero-order chi connectivity index (χ0) is 36.2. The molecule has 4 fully saturated rings. The predicted octanol–water partition coefficient (Wildman–Crippen LogP) is 4.07. The molecule has 4 amide bonds. The zero-order valence-corrected chi connectivity index (χ0v) is 30.4. The van der Waals surface area contributed by atoms with Gasteiger partial charge in [0.05, 0.1) is 17.5 Å². The van der Waals surface area contributed by atoms with Gasteiger partial charge in [-0.1, -0.05) is 74.3 Å². The minimum absolute atomic E-state index is 0.0220. The quantitative estimate of drug-likeness (QED) is 0.194. The maximum absolute atomic E-state index is 14.4. The summed E-state index contributed by atoms with van der Waals surface area (Å²) in [6, 6.07) is 7.61. The SMILES string of the molecule is CC(C)/C(=N\O[C@@H]1C[C@H]2C(=O)N[C@@]3(C(=O)NS(=O)(=O)C4CC4)C[C@H]3/C=C\CCCCC[C@H](NC(=O)OC3CCCC3)C(=O)N2C1)c1ccccc1. The summed E-state index contributed by atoms with van der Waals surface area (Å²) in [6.07, 6.45) is 10.5. The van der Waals surface area contributed by atoms with Crippen LogP contribution in [-0.4, -0.2) is 84.5 Å². The second-order valence-corrected chi connectivity index (χ2v) is 16.9. The Kier molecular flexibility index (Phi) is 11.4. The first-order chi connectivity index (χ1) is 24.5. The van der Waals surface area contributed by atoms with E-state index >= 15 is 0 Å². The lowest BCUT2D eigenvalue weighted by atomic mass is 10.0. The second-order valence-electron chi connectivity index (χ2n) is 15.0. The van der Waals surface area contributed by atoms with E-state index in [2.05, 4.69) is 20.5 Å². The lowest BCUT2D eigenvalue weighted by Crippen LogP contribution is -2.58. The van der Waals surface area contributed by atoms with Crippen LogP contribution in [0.4, 0.5) is 4.79 Å². The number of carbonyl (C=O) groups is 4. The summed E-state index contributed by atoms with van der Waals surface area (Å²) in [5.41, 5.74) is 0.133. The van der Waals surface area contributed by atoms with E-state index in [9.17, 15) is 27.6 Å². The highest BCUT2D eigenvalue weighted by Crippen LogP contribution is 2.46. The molecular weight excluding hydrogens is 675 g/mol. The summed E-state index contributed by atoms with van der Waals surface area (Å²) >= 11 is 0. The van der Waals surface area contributed by atoms with Crippen LogP contribution in [0.3, 0.4) is 0 Å². The molecule has 51 heavy (non-hydrogen) atoms. The van der Waals surface area contributed by atoms with Crippen LogP contribution in [0.15, 0.2) is 47.6 Å². The third kappa shape index (κ3) is 8.93. The van der Waals surface area contributed by atoms with E-state index in [1.807, 2.05) is 56.3 Å². The number of ether oxygens (including phenoxy) is 1. The minimum Gasteiger partial charge on any atom is -0.446 e. The van der Waals surface area contributed by atoms with Gasteiger partial charge in [-0.25, -0.2) is 13.2 Å². The van der Waals surface area contributed by atoms with Gasteiger partial charge in [0, 0.05) is 12.3 Å². The molecular formula is C37H51N5O8S. The topological polar surface area (TPSA) is 173 Å². The smallest absolute Gasteiger partial charge is 0.408 e. The molecule has 0 spiro atoms. The van der Waals surface area contributed by atoms with E-state index in [1.54, 1.807) is 0 Å². The number of fused-ring (bicyclic) bond motifs is 2. The molecule has 3 aliphatic carbocycles. The first-order valence-corrected chi connectivity index (χ1v) is 20.1. The lowest BCUT2D eigenvalue weighted by molar-refractivity contribution is -0.141. The average Bonchev–Trinajstić information content (AvgIpc) is 3.97. The number of oxime groups is 1. The van der Waals surface area contributed by atoms with Gasteiger partial charge in [0.15, 0.2) is 0 Å². The number of amides is 4. The Morgan fingerprint density at radius 2 is 1.71 bits per heavy atom. The third-order valence-corrected chi connectivity index (χ3v) is 12.4. The number of sulfonamides is 1. The summed E-state index contributed by atoms with van der Waals surface area (Å²) in [5.74, 6) is -2.19. The Bertz CT molecular complexity index is 1620. The van der Waals surface area contributed by atoms with Crippen LogP contribution in [0.25, 0.3) is 0 Å². The molecule has 3 N–H and O–H groups in total. The Balaban J connectivity index is 1.27. The summed E-state index contributed by atoms with van der Waals surface area (Å²) in [5, 5.41) is 9.58. The molecule has 5 atom stereocenters. The van der Waals surface area contributed by atoms with Gasteiger partial charge in [-0.15, -0.1) is 0 Å². The van der Waals surface area contributed by atoms with E-state index in [-0.39, 0.29) is 31.4 Å². The van der Waals surface area contributed by atoms with Crippen molar-refractivity contribution in [1.82, 2.24) is 20.3 Å². The molecule has 0 aromatic heterocycles. The number of rotatable bonds is 9. The van der Waals surface area contributed by atoms with Crippen molar-refractivity contribution in [2.24, 2.45) is 17.0 Å². The molecule has 1 saturated heterocycles. The molecule has 1 aromatic carbocycles. The molecule has 13 nitrogen and oxygen atoms in total. The van der Waals surface area contributed by atoms with Gasteiger partial charge in [-0.3, -0.25) is 19.1 Å². The number of hydrogen-bond donors (Lipinski definition) is 3. The van der Waals surface area contributed by atoms with Crippen molar-refractivity contribution < 1.29 is 37.2 Å². The highest BCUT2D eigenvalue weighted by Gasteiger charge is 2.62. The fourth-order valence-corrected chi connectivity index (χ4v) is 8.77. The number of carbonyl (C=O) groups excluding carboxylic acids is 4. The van der Waals surface area contributed by atoms with Crippen molar-refractivity contribution in [3.63, 3.8) is 0 Å². The number of alkyl carbamates (subject to hydrolysis) is 1. The van der Waals surface area contributed by atoms with Gasteiger partial charge in [0.25, 0.3) is 5.91 Å². The third-order valence-electron chi connectivity index (χ3n) is 10.6. The van der Waals surface area contributed by atoms with E-state index in [0.29, 0.717) is 37.8 Å². The van der Waals surface area contributed by atoms with Crippen molar-refractivity contribution in [3.8, 4) is 0 Å². The van der Waals surface area contributed by atoms with E-state index in [1.165, 1.54) is 4.90 Å². The van der Waals surface area contributed by atoms with Crippen LogP contribution in [0, 0.1) is 11.8 Å². The predicted molar refractivity (Wildman–Crippen MR) is 190 cm³/mol. The molecule has 1 aromatic rings. The molecule has 0 unspecified atom stereocenters. The molecule has 5 aliphatic rings. The van der Waals surface area contributed by atoms with Crippen molar-refractivity contribution in [3.05, 3.63) is 48.0 Å². The maximum Gasteiger partial charge on any atom is 0.408 e. The zero-order valence-electron chi connectivity index (χ0n) is 29.6. The Labute approximate surface area is 300 Å². The van der Waals surface area contributed by atoms with E-state index in [0.717, 1.165) is 44.1 Å². The van der Waals surface area contributed by atoms with Crippen LogP contribution >= 0.6 is 0 Å². The Morgan fingerprint density at radius 3 is 2.41 bits per heavy atom. The van der Waals surface area contributed by atoms with Gasteiger partial charge < -0.3 is 25.1 Å². The Hall–Kier alpha value is -3.94. The fraction of sp³-hybridized carbons (Fsp3) is 0.649. The largest absolute Gasteiger partial charge is 0.446 e.